The average molecular weight is 656 g/mol. The highest BCUT2D eigenvalue weighted by Crippen LogP contribution is 2.48. The smallest absolute Gasteiger partial charge is 0.319 e. The minimum Gasteiger partial charge on any atom is -0.461 e. The van der Waals surface area contributed by atoms with Crippen molar-refractivity contribution in [1.82, 2.24) is 40.9 Å². The number of ether oxygens (including phenoxy) is 1. The van der Waals surface area contributed by atoms with Crippen molar-refractivity contribution in [3.63, 3.8) is 0 Å². The van der Waals surface area contributed by atoms with E-state index in [1.54, 1.807) is 6.20 Å². The van der Waals surface area contributed by atoms with Gasteiger partial charge in [-0.1, -0.05) is 0 Å². The Morgan fingerprint density at radius 3 is 2.96 bits per heavy atom. The summed E-state index contributed by atoms with van der Waals surface area (Å²) in [7, 11) is 0. The maximum absolute atomic E-state index is 17.1. The molecule has 9 heterocycles. The van der Waals surface area contributed by atoms with Crippen LogP contribution in [0.15, 0.2) is 10.6 Å². The van der Waals surface area contributed by atoms with Crippen molar-refractivity contribution >= 4 is 28.3 Å². The molecule has 8 bridgehead atoms. The number of nitrogens with one attached hydrogen (secondary N) is 2. The number of hydrogen-bond donors (Lipinski definition) is 2. The lowest BCUT2D eigenvalue weighted by Crippen LogP contribution is -2.45. The van der Waals surface area contributed by atoms with Crippen molar-refractivity contribution in [2.24, 2.45) is 17.8 Å². The number of nitrogens with zero attached hydrogens (tertiary/aromatic N) is 7. The molecule has 0 amide bonds. The van der Waals surface area contributed by atoms with E-state index in [4.69, 9.17) is 35.7 Å². The summed E-state index contributed by atoms with van der Waals surface area (Å²) in [6.07, 6.45) is 7.86. The van der Waals surface area contributed by atoms with Gasteiger partial charge in [0.2, 0.25) is 11.8 Å². The highest BCUT2D eigenvalue weighted by molar-refractivity contribution is 6.21. The molecule has 3 aromatic heterocycles. The summed E-state index contributed by atoms with van der Waals surface area (Å²) in [6, 6.07) is 0.232. The van der Waals surface area contributed by atoms with Gasteiger partial charge >= 0.3 is 6.01 Å². The number of aryl methyl sites for hydroxylation is 1. The Labute approximate surface area is 271 Å². The molecule has 5 unspecified atom stereocenters. The lowest BCUT2D eigenvalue weighted by atomic mass is 9.66. The van der Waals surface area contributed by atoms with Crippen LogP contribution in [-0.4, -0.2) is 92.5 Å². The fraction of sp³-hybridized carbons (Fsp3) is 0.719. The zero-order chi connectivity index (χ0) is 31.0. The Balaban J connectivity index is 1.16. The second-order valence-electron chi connectivity index (χ2n) is 14.4. The lowest BCUT2D eigenvalue weighted by Gasteiger charge is -2.42. The first kappa shape index (κ1) is 29.4. The van der Waals surface area contributed by atoms with Crippen LogP contribution < -0.4 is 20.5 Å². The first-order chi connectivity index (χ1) is 22.4. The molecule has 14 heteroatoms. The largest absolute Gasteiger partial charge is 0.461 e. The molecule has 3 aromatic rings. The number of rotatable bonds is 3. The summed E-state index contributed by atoms with van der Waals surface area (Å²) in [5.74, 6) is 1.48. The lowest BCUT2D eigenvalue weighted by molar-refractivity contribution is 0.107. The van der Waals surface area contributed by atoms with Gasteiger partial charge in [0.1, 0.15) is 24.1 Å². The maximum atomic E-state index is 17.1. The number of aromatic nitrogens is 5. The van der Waals surface area contributed by atoms with E-state index in [-0.39, 0.29) is 58.8 Å². The third-order valence-corrected chi connectivity index (χ3v) is 12.2. The molecule has 46 heavy (non-hydrogen) atoms. The van der Waals surface area contributed by atoms with Crippen molar-refractivity contribution in [2.75, 3.05) is 44.2 Å². The van der Waals surface area contributed by atoms with Gasteiger partial charge in [-0.25, -0.2) is 8.78 Å². The normalized spacial score (nSPS) is 35.9. The van der Waals surface area contributed by atoms with Crippen molar-refractivity contribution in [3.05, 3.63) is 29.5 Å². The number of halogens is 3. The molecule has 0 radical (unpaired) electrons. The third-order valence-electron chi connectivity index (χ3n) is 11.7. The molecule has 1 aliphatic carbocycles. The van der Waals surface area contributed by atoms with E-state index in [1.807, 2.05) is 0 Å². The molecule has 2 N–H and O–H groups in total. The topological polar surface area (TPSA) is 117 Å². The quantitative estimate of drug-likeness (QED) is 0.402. The van der Waals surface area contributed by atoms with Gasteiger partial charge in [-0.15, -0.1) is 21.8 Å². The first-order valence-corrected chi connectivity index (χ1v) is 17.4. The van der Waals surface area contributed by atoms with Gasteiger partial charge in [-0.2, -0.15) is 9.97 Å². The number of pyridine rings is 1. The Bertz CT molecular complexity index is 1630. The van der Waals surface area contributed by atoms with Gasteiger partial charge < -0.3 is 14.1 Å². The fourth-order valence-electron chi connectivity index (χ4n) is 9.55. The summed E-state index contributed by atoms with van der Waals surface area (Å²) < 4.78 is 44.2. The Hall–Kier alpha value is -2.74. The molecule has 10 rings (SSSR count). The van der Waals surface area contributed by atoms with Crippen LogP contribution in [-0.2, 0) is 12.8 Å². The minimum absolute atomic E-state index is 0.0593. The minimum atomic E-state index is -0.868. The Morgan fingerprint density at radius 2 is 2.02 bits per heavy atom. The number of alkyl halides is 2. The Kier molecular flexibility index (Phi) is 7.32. The van der Waals surface area contributed by atoms with E-state index in [9.17, 15) is 4.39 Å². The van der Waals surface area contributed by atoms with Crippen LogP contribution >= 0.6 is 11.6 Å². The summed E-state index contributed by atoms with van der Waals surface area (Å²) in [6.45, 7) is 3.73. The van der Waals surface area contributed by atoms with E-state index in [2.05, 4.69) is 30.8 Å². The zero-order valence-corrected chi connectivity index (χ0v) is 26.6. The third kappa shape index (κ3) is 4.95. The number of fused-ring (bicyclic) bond motifs is 4. The molecule has 8 atom stereocenters. The maximum Gasteiger partial charge on any atom is 0.319 e. The highest BCUT2D eigenvalue weighted by atomic mass is 35.5. The van der Waals surface area contributed by atoms with Crippen LogP contribution in [0.25, 0.3) is 10.9 Å². The van der Waals surface area contributed by atoms with Crippen LogP contribution in [0.4, 0.5) is 14.6 Å². The van der Waals surface area contributed by atoms with Gasteiger partial charge in [0.05, 0.1) is 16.6 Å². The molecule has 1 saturated carbocycles. The molecule has 7 aliphatic rings. The second-order valence-corrected chi connectivity index (χ2v) is 15.0. The summed E-state index contributed by atoms with van der Waals surface area (Å²) in [5.41, 5.74) is 6.89. The molecule has 0 aromatic carbocycles. The zero-order valence-electron chi connectivity index (χ0n) is 25.8. The summed E-state index contributed by atoms with van der Waals surface area (Å²) in [4.78, 5) is 18.9. The van der Waals surface area contributed by atoms with Crippen LogP contribution in [0.3, 0.4) is 0 Å². The SMILES string of the molecule is Fc1c2ncc3c(nc(OC[C@@]45CCCN4C[C@H](F)C5)nc13)N1CCC[C@@H](Cc3nnc(o3)CCC3C(Cl)CC4NNCC4C23)C1. The van der Waals surface area contributed by atoms with E-state index in [0.717, 1.165) is 45.2 Å². The van der Waals surface area contributed by atoms with Gasteiger partial charge in [0.15, 0.2) is 5.82 Å². The molecular weight excluding hydrogens is 616 g/mol. The van der Waals surface area contributed by atoms with Crippen molar-refractivity contribution in [3.8, 4) is 6.01 Å². The van der Waals surface area contributed by atoms with Crippen molar-refractivity contribution in [1.29, 1.82) is 0 Å². The van der Waals surface area contributed by atoms with E-state index in [1.165, 1.54) is 0 Å². The van der Waals surface area contributed by atoms with E-state index >= 15 is 4.39 Å². The number of hydrazine groups is 1. The summed E-state index contributed by atoms with van der Waals surface area (Å²) in [5, 5.41) is 9.15. The molecule has 246 valence electrons. The van der Waals surface area contributed by atoms with Gasteiger partial charge in [0, 0.05) is 69.0 Å². The second kappa shape index (κ2) is 11.5. The van der Waals surface area contributed by atoms with Crippen LogP contribution in [0.5, 0.6) is 6.01 Å². The Morgan fingerprint density at radius 1 is 1.11 bits per heavy atom. The number of anilines is 1. The fourth-order valence-corrected chi connectivity index (χ4v) is 10.0. The highest BCUT2D eigenvalue weighted by Gasteiger charge is 2.50. The van der Waals surface area contributed by atoms with Crippen LogP contribution in [0.1, 0.15) is 68.3 Å². The average Bonchev–Trinajstić information content (AvgIpc) is 3.83. The van der Waals surface area contributed by atoms with Gasteiger partial charge in [-0.3, -0.25) is 20.7 Å². The molecule has 5 fully saturated rings. The molecule has 11 nitrogen and oxygen atoms in total. The van der Waals surface area contributed by atoms with Crippen molar-refractivity contribution < 1.29 is 17.9 Å². The molecule has 0 spiro atoms. The number of piperidine rings is 1. The van der Waals surface area contributed by atoms with E-state index < -0.39 is 12.0 Å². The van der Waals surface area contributed by atoms with Gasteiger partial charge in [-0.05, 0) is 62.8 Å². The summed E-state index contributed by atoms with van der Waals surface area (Å²) >= 11 is 7.10. The van der Waals surface area contributed by atoms with Crippen LogP contribution in [0, 0.1) is 23.6 Å². The standard InChI is InChI=1S/C32H40ClF2N9O2/c33-22-10-23-20(13-37-40-23)26-19(22)4-5-24-41-42-25(46-24)9-17-3-1-7-43(14-17)30-21-12-36-29(26)27(35)28(21)38-31(39-30)45-16-32-6-2-8-44(32)15-18(34)11-32/h12,17-20,22-23,26,37,40H,1-11,13-16H2/t17-,18+,19?,20?,22?,23?,26?,32-/m0/s1. The number of hydrogen-bond acceptors (Lipinski definition) is 11. The van der Waals surface area contributed by atoms with Gasteiger partial charge in [0.25, 0.3) is 0 Å². The molecule has 6 aliphatic heterocycles. The molecular formula is C32H40ClF2N9O2. The van der Waals surface area contributed by atoms with Crippen LogP contribution in [0.2, 0.25) is 0 Å². The van der Waals surface area contributed by atoms with E-state index in [0.29, 0.717) is 74.0 Å². The predicted octanol–water partition coefficient (Wildman–Crippen LogP) is 3.71. The predicted molar refractivity (Wildman–Crippen MR) is 166 cm³/mol. The van der Waals surface area contributed by atoms with Crippen molar-refractivity contribution in [2.45, 2.75) is 86.8 Å². The molecule has 4 saturated heterocycles. The first-order valence-electron chi connectivity index (χ1n) is 17.0. The monoisotopic (exact) mass is 655 g/mol.